The Morgan fingerprint density at radius 2 is 2.17 bits per heavy atom. The third-order valence-electron chi connectivity index (χ3n) is 2.19. The lowest BCUT2D eigenvalue weighted by Gasteiger charge is -2.20. The molecule has 96 valence electrons. The van der Waals surface area contributed by atoms with Crippen LogP contribution in [0.3, 0.4) is 0 Å². The quantitative estimate of drug-likeness (QED) is 0.439. The van der Waals surface area contributed by atoms with Crippen molar-refractivity contribution in [2.24, 2.45) is 0 Å². The number of amides is 4. The highest BCUT2D eigenvalue weighted by Gasteiger charge is 2.31. The molecule has 0 aromatic rings. The molecule has 0 spiro atoms. The van der Waals surface area contributed by atoms with Gasteiger partial charge in [0.1, 0.15) is 13.1 Å². The van der Waals surface area contributed by atoms with Gasteiger partial charge in [-0.15, -0.1) is 6.42 Å². The van der Waals surface area contributed by atoms with E-state index >= 15 is 0 Å². The Morgan fingerprint density at radius 1 is 1.50 bits per heavy atom. The fraction of sp³-hybridized carbons (Fsp3) is 0.400. The van der Waals surface area contributed by atoms with Gasteiger partial charge >= 0.3 is 12.0 Å². The van der Waals surface area contributed by atoms with Crippen molar-refractivity contribution in [3.05, 3.63) is 0 Å². The molecule has 0 saturated carbocycles. The number of aliphatic carboxylic acids is 1. The molecule has 18 heavy (non-hydrogen) atoms. The van der Waals surface area contributed by atoms with Gasteiger partial charge in [0.15, 0.2) is 0 Å². The largest absolute Gasteiger partial charge is 0.480 e. The topological polar surface area (TPSA) is 107 Å². The summed E-state index contributed by atoms with van der Waals surface area (Å²) in [6.45, 7) is -1.46. The third kappa shape index (κ3) is 3.21. The molecule has 1 rings (SSSR count). The summed E-state index contributed by atoms with van der Waals surface area (Å²) in [5, 5.41) is 10.8. The van der Waals surface area contributed by atoms with Gasteiger partial charge in [0.2, 0.25) is 5.91 Å². The van der Waals surface area contributed by atoms with E-state index in [1.165, 1.54) is 0 Å². The van der Waals surface area contributed by atoms with E-state index in [9.17, 15) is 19.2 Å². The maximum absolute atomic E-state index is 11.7. The van der Waals surface area contributed by atoms with Gasteiger partial charge in [-0.2, -0.15) is 0 Å². The smallest absolute Gasteiger partial charge is 0.325 e. The van der Waals surface area contributed by atoms with Gasteiger partial charge in [0, 0.05) is 0 Å². The molecule has 8 nitrogen and oxygen atoms in total. The summed E-state index contributed by atoms with van der Waals surface area (Å²) in [5.41, 5.74) is 0. The Hall–Kier alpha value is -2.56. The van der Waals surface area contributed by atoms with Crippen LogP contribution in [0.1, 0.15) is 0 Å². The predicted octanol–water partition coefficient (Wildman–Crippen LogP) is -1.92. The SMILES string of the molecule is C#CCN(CC(=O)O)C(=O)CN1C(=O)CNC1=O. The number of carboxylic acids is 1. The second kappa shape index (κ2) is 5.67. The van der Waals surface area contributed by atoms with Crippen LogP contribution in [-0.4, -0.2) is 64.9 Å². The van der Waals surface area contributed by atoms with Gasteiger partial charge in [-0.3, -0.25) is 19.3 Å². The van der Waals surface area contributed by atoms with Crippen molar-refractivity contribution >= 4 is 23.8 Å². The number of hydrogen-bond donors (Lipinski definition) is 2. The van der Waals surface area contributed by atoms with E-state index in [2.05, 4.69) is 11.2 Å². The maximum Gasteiger partial charge on any atom is 0.325 e. The first-order valence-corrected chi connectivity index (χ1v) is 4.97. The number of hydrogen-bond acceptors (Lipinski definition) is 4. The number of urea groups is 1. The van der Waals surface area contributed by atoms with Gasteiger partial charge < -0.3 is 15.3 Å². The molecule has 4 amide bonds. The normalized spacial score (nSPS) is 14.1. The summed E-state index contributed by atoms with van der Waals surface area (Å²) in [7, 11) is 0. The van der Waals surface area contributed by atoms with Crippen LogP contribution in [0, 0.1) is 12.3 Å². The van der Waals surface area contributed by atoms with Gasteiger partial charge in [-0.25, -0.2) is 4.79 Å². The lowest BCUT2D eigenvalue weighted by Crippen LogP contribution is -2.45. The van der Waals surface area contributed by atoms with E-state index in [1.54, 1.807) is 0 Å². The van der Waals surface area contributed by atoms with Crippen LogP contribution in [0.5, 0.6) is 0 Å². The van der Waals surface area contributed by atoms with Gasteiger partial charge in [0.05, 0.1) is 13.1 Å². The standard InChI is InChI=1S/C10H11N3O5/c1-2-3-12(6-9(16)17)8(15)5-13-7(14)4-11-10(13)18/h1H,3-6H2,(H,11,18)(H,16,17). The van der Waals surface area contributed by atoms with E-state index in [1.807, 2.05) is 0 Å². The van der Waals surface area contributed by atoms with E-state index in [0.717, 1.165) is 4.90 Å². The summed E-state index contributed by atoms with van der Waals surface area (Å²) in [4.78, 5) is 46.3. The Labute approximate surface area is 103 Å². The number of terminal acetylenes is 1. The van der Waals surface area contributed by atoms with Crippen molar-refractivity contribution in [1.82, 2.24) is 15.1 Å². The zero-order valence-electron chi connectivity index (χ0n) is 9.38. The highest BCUT2D eigenvalue weighted by atomic mass is 16.4. The maximum atomic E-state index is 11.7. The minimum atomic E-state index is -1.23. The summed E-state index contributed by atoms with van der Waals surface area (Å²) in [5.74, 6) is -0.318. The number of carboxylic acid groups (broad SMARTS) is 1. The van der Waals surface area contributed by atoms with Crippen LogP contribution in [0.15, 0.2) is 0 Å². The van der Waals surface area contributed by atoms with Gasteiger partial charge in [0.25, 0.3) is 5.91 Å². The molecule has 1 aliphatic rings. The number of rotatable bonds is 5. The fourth-order valence-electron chi connectivity index (χ4n) is 1.36. The Bertz CT molecular complexity index is 423. The zero-order chi connectivity index (χ0) is 13.7. The van der Waals surface area contributed by atoms with Crippen LogP contribution in [0.25, 0.3) is 0 Å². The third-order valence-corrected chi connectivity index (χ3v) is 2.19. The van der Waals surface area contributed by atoms with Gasteiger partial charge in [-0.1, -0.05) is 5.92 Å². The molecule has 1 aliphatic heterocycles. The van der Waals surface area contributed by atoms with Gasteiger partial charge in [-0.05, 0) is 0 Å². The molecular weight excluding hydrogens is 242 g/mol. The van der Waals surface area contributed by atoms with Crippen molar-refractivity contribution in [3.63, 3.8) is 0 Å². The first-order valence-electron chi connectivity index (χ1n) is 4.97. The minimum absolute atomic E-state index is 0.166. The molecule has 2 N–H and O–H groups in total. The number of nitrogens with one attached hydrogen (secondary N) is 1. The lowest BCUT2D eigenvalue weighted by molar-refractivity contribution is -0.144. The minimum Gasteiger partial charge on any atom is -0.480 e. The average Bonchev–Trinajstić information content (AvgIpc) is 2.59. The van der Waals surface area contributed by atoms with E-state index in [-0.39, 0.29) is 13.1 Å². The van der Waals surface area contributed by atoms with E-state index in [0.29, 0.717) is 4.90 Å². The molecule has 0 aromatic carbocycles. The van der Waals surface area contributed by atoms with Crippen molar-refractivity contribution < 1.29 is 24.3 Å². The van der Waals surface area contributed by atoms with Crippen LogP contribution < -0.4 is 5.32 Å². The van der Waals surface area contributed by atoms with E-state index in [4.69, 9.17) is 11.5 Å². The average molecular weight is 253 g/mol. The van der Waals surface area contributed by atoms with Crippen molar-refractivity contribution in [2.45, 2.75) is 0 Å². The Balaban J connectivity index is 2.66. The molecule has 0 radical (unpaired) electrons. The summed E-state index contributed by atoms with van der Waals surface area (Å²) < 4.78 is 0. The Kier molecular flexibility index (Phi) is 4.26. The number of nitrogens with zero attached hydrogens (tertiary/aromatic N) is 2. The van der Waals surface area contributed by atoms with E-state index < -0.39 is 36.9 Å². The van der Waals surface area contributed by atoms with Crippen LogP contribution >= 0.6 is 0 Å². The summed E-state index contributed by atoms with van der Waals surface area (Å²) in [6.07, 6.45) is 5.01. The number of carbonyl (C=O) groups excluding carboxylic acids is 3. The molecule has 0 aromatic heterocycles. The zero-order valence-corrected chi connectivity index (χ0v) is 9.38. The highest BCUT2D eigenvalue weighted by molar-refractivity contribution is 6.04. The predicted molar refractivity (Wildman–Crippen MR) is 58.2 cm³/mol. The monoisotopic (exact) mass is 253 g/mol. The second-order valence-corrected chi connectivity index (χ2v) is 3.49. The number of imide groups is 1. The Morgan fingerprint density at radius 3 is 2.61 bits per heavy atom. The molecule has 0 bridgehead atoms. The highest BCUT2D eigenvalue weighted by Crippen LogP contribution is 2.01. The van der Waals surface area contributed by atoms with Crippen molar-refractivity contribution in [2.75, 3.05) is 26.2 Å². The first-order chi connectivity index (χ1) is 8.45. The van der Waals surface area contributed by atoms with Crippen molar-refractivity contribution in [1.29, 1.82) is 0 Å². The number of carbonyl (C=O) groups is 4. The summed E-state index contributed by atoms with van der Waals surface area (Å²) in [6, 6.07) is -0.677. The van der Waals surface area contributed by atoms with Crippen LogP contribution in [0.4, 0.5) is 4.79 Å². The molecule has 0 atom stereocenters. The molecule has 1 fully saturated rings. The second-order valence-electron chi connectivity index (χ2n) is 3.49. The summed E-state index contributed by atoms with van der Waals surface area (Å²) >= 11 is 0. The fourth-order valence-corrected chi connectivity index (χ4v) is 1.36. The molecule has 1 saturated heterocycles. The molecule has 0 unspecified atom stereocenters. The van der Waals surface area contributed by atoms with Crippen LogP contribution in [0.2, 0.25) is 0 Å². The first kappa shape index (κ1) is 13.5. The van der Waals surface area contributed by atoms with Crippen LogP contribution in [-0.2, 0) is 14.4 Å². The molecule has 1 heterocycles. The lowest BCUT2D eigenvalue weighted by atomic mass is 10.4. The van der Waals surface area contributed by atoms with Crippen molar-refractivity contribution in [3.8, 4) is 12.3 Å². The molecule has 0 aliphatic carbocycles. The molecule has 8 heteroatoms. The molecular formula is C10H11N3O5.